The maximum absolute atomic E-state index is 12.8. The summed E-state index contributed by atoms with van der Waals surface area (Å²) in [5, 5.41) is -0.492. The van der Waals surface area contributed by atoms with Gasteiger partial charge < -0.3 is 14.4 Å². The van der Waals surface area contributed by atoms with Crippen LogP contribution in [-0.4, -0.2) is 88.1 Å². The van der Waals surface area contributed by atoms with Crippen molar-refractivity contribution < 1.29 is 31.1 Å². The van der Waals surface area contributed by atoms with Crippen LogP contribution in [0.1, 0.15) is 18.4 Å². The quantitative estimate of drug-likeness (QED) is 0.608. The second kappa shape index (κ2) is 8.76. The van der Waals surface area contributed by atoms with E-state index in [2.05, 4.69) is 0 Å². The number of nitrogens with zero attached hydrogens (tertiary/aromatic N) is 2. The maximum Gasteiger partial charge on any atom is 0.227 e. The predicted molar refractivity (Wildman–Crippen MR) is 115 cm³/mol. The summed E-state index contributed by atoms with van der Waals surface area (Å²) >= 11 is 6.29. The Morgan fingerprint density at radius 1 is 1.13 bits per heavy atom. The second-order valence-corrected chi connectivity index (χ2v) is 12.8. The van der Waals surface area contributed by atoms with Crippen LogP contribution >= 0.6 is 11.6 Å². The Morgan fingerprint density at radius 2 is 1.84 bits per heavy atom. The lowest BCUT2D eigenvalue weighted by Crippen LogP contribution is -2.53. The molecule has 3 aliphatic rings. The van der Waals surface area contributed by atoms with Crippen molar-refractivity contribution >= 4 is 37.4 Å². The summed E-state index contributed by atoms with van der Waals surface area (Å²) in [7, 11) is -6.98. The smallest absolute Gasteiger partial charge is 0.227 e. The Bertz CT molecular complexity index is 1070. The largest absolute Gasteiger partial charge is 0.489 e. The van der Waals surface area contributed by atoms with E-state index in [0.717, 1.165) is 6.42 Å². The van der Waals surface area contributed by atoms with E-state index >= 15 is 0 Å². The molecule has 1 aromatic carbocycles. The minimum atomic E-state index is -3.69. The number of carbonyl (C=O) groups excluding carboxylic acids is 1. The van der Waals surface area contributed by atoms with Crippen molar-refractivity contribution in [3.8, 4) is 11.5 Å². The summed E-state index contributed by atoms with van der Waals surface area (Å²) in [6, 6.07) is 3.44. The Hall–Kier alpha value is -1.56. The molecule has 1 unspecified atom stereocenters. The minimum Gasteiger partial charge on any atom is -0.489 e. The van der Waals surface area contributed by atoms with Gasteiger partial charge in [0.1, 0.15) is 0 Å². The molecule has 12 heteroatoms. The first kappa shape index (κ1) is 22.6. The minimum absolute atomic E-state index is 0.0898. The molecule has 0 aliphatic carbocycles. The van der Waals surface area contributed by atoms with Crippen LogP contribution in [0.3, 0.4) is 0 Å². The van der Waals surface area contributed by atoms with Crippen LogP contribution in [-0.2, 0) is 31.1 Å². The number of amides is 1. The zero-order chi connectivity index (χ0) is 22.2. The van der Waals surface area contributed by atoms with Gasteiger partial charge in [-0.3, -0.25) is 4.79 Å². The van der Waals surface area contributed by atoms with Gasteiger partial charge in [-0.25, -0.2) is 16.8 Å². The molecular formula is C19H25ClN2O7S2. The number of ether oxygens (including phenoxy) is 2. The Balaban J connectivity index is 1.37. The molecule has 0 spiro atoms. The third-order valence-electron chi connectivity index (χ3n) is 5.78. The first-order chi connectivity index (χ1) is 14.7. The number of benzene rings is 1. The van der Waals surface area contributed by atoms with E-state index < -0.39 is 25.1 Å². The standard InChI is InChI=1S/C19H25ClN2O7S2/c20-16-10-14(11-17-19(16)29-8-1-7-28-17)12-18(23)21-3-5-22(6-4-21)31(26,27)15-2-9-30(24,25)13-15/h10-11,15H,1-9,12-13H2. The molecule has 0 aromatic heterocycles. The molecule has 0 bridgehead atoms. The van der Waals surface area contributed by atoms with E-state index in [9.17, 15) is 21.6 Å². The molecule has 0 radical (unpaired) electrons. The average Bonchev–Trinajstić information content (AvgIpc) is 2.94. The number of carbonyl (C=O) groups is 1. The topological polar surface area (TPSA) is 110 Å². The van der Waals surface area contributed by atoms with Gasteiger partial charge in [0, 0.05) is 32.6 Å². The molecule has 2 fully saturated rings. The molecule has 1 amide bonds. The van der Waals surface area contributed by atoms with Crippen LogP contribution in [0.25, 0.3) is 0 Å². The maximum atomic E-state index is 12.8. The van der Waals surface area contributed by atoms with Crippen molar-refractivity contribution in [2.75, 3.05) is 50.9 Å². The lowest BCUT2D eigenvalue weighted by Gasteiger charge is -2.35. The number of piperazine rings is 1. The highest BCUT2D eigenvalue weighted by atomic mass is 35.5. The number of fused-ring (bicyclic) bond motifs is 1. The van der Waals surface area contributed by atoms with Crippen molar-refractivity contribution in [3.05, 3.63) is 22.7 Å². The molecule has 4 rings (SSSR count). The number of halogens is 1. The van der Waals surface area contributed by atoms with E-state index in [1.165, 1.54) is 4.31 Å². The molecule has 0 N–H and O–H groups in total. The van der Waals surface area contributed by atoms with Crippen LogP contribution in [0.2, 0.25) is 5.02 Å². The summed E-state index contributed by atoms with van der Waals surface area (Å²) in [6.07, 6.45) is 0.998. The molecule has 31 heavy (non-hydrogen) atoms. The lowest BCUT2D eigenvalue weighted by molar-refractivity contribution is -0.131. The lowest BCUT2D eigenvalue weighted by atomic mass is 10.1. The van der Waals surface area contributed by atoms with Crippen molar-refractivity contribution in [2.45, 2.75) is 24.5 Å². The van der Waals surface area contributed by atoms with Crippen molar-refractivity contribution in [1.29, 1.82) is 0 Å². The van der Waals surface area contributed by atoms with Gasteiger partial charge in [0.15, 0.2) is 21.3 Å². The number of hydrogen-bond acceptors (Lipinski definition) is 7. The van der Waals surface area contributed by atoms with Crippen LogP contribution < -0.4 is 9.47 Å². The van der Waals surface area contributed by atoms with E-state index in [1.807, 2.05) is 0 Å². The normalized spacial score (nSPS) is 24.0. The highest BCUT2D eigenvalue weighted by molar-refractivity contribution is 7.95. The molecule has 1 aromatic rings. The predicted octanol–water partition coefficient (Wildman–Crippen LogP) is 0.705. The van der Waals surface area contributed by atoms with Crippen LogP contribution in [0.4, 0.5) is 0 Å². The monoisotopic (exact) mass is 492 g/mol. The first-order valence-electron chi connectivity index (χ1n) is 10.2. The fourth-order valence-electron chi connectivity index (χ4n) is 4.07. The third-order valence-corrected chi connectivity index (χ3v) is 10.4. The van der Waals surface area contributed by atoms with E-state index in [-0.39, 0.29) is 56.4 Å². The second-order valence-electron chi connectivity index (χ2n) is 7.98. The van der Waals surface area contributed by atoms with E-state index in [1.54, 1.807) is 17.0 Å². The molecule has 1 atom stereocenters. The highest BCUT2D eigenvalue weighted by Crippen LogP contribution is 2.38. The Morgan fingerprint density at radius 3 is 2.52 bits per heavy atom. The van der Waals surface area contributed by atoms with Gasteiger partial charge in [-0.1, -0.05) is 11.6 Å². The molecule has 9 nitrogen and oxygen atoms in total. The summed E-state index contributed by atoms with van der Waals surface area (Å²) in [6.45, 7) is 1.87. The van der Waals surface area contributed by atoms with Gasteiger partial charge in [0.25, 0.3) is 0 Å². The summed E-state index contributed by atoms with van der Waals surface area (Å²) in [5.74, 6) is 0.469. The summed E-state index contributed by atoms with van der Waals surface area (Å²) in [5.41, 5.74) is 0.700. The fraction of sp³-hybridized carbons (Fsp3) is 0.632. The Kier molecular flexibility index (Phi) is 6.39. The highest BCUT2D eigenvalue weighted by Gasteiger charge is 2.41. The molecule has 2 saturated heterocycles. The SMILES string of the molecule is O=C(Cc1cc(Cl)c2c(c1)OCCCO2)N1CCN(S(=O)(=O)C2CCS(=O)(=O)C2)CC1. The Labute approximate surface area is 187 Å². The number of sulfonamides is 1. The van der Waals surface area contributed by atoms with Crippen molar-refractivity contribution in [3.63, 3.8) is 0 Å². The van der Waals surface area contributed by atoms with E-state index in [4.69, 9.17) is 21.1 Å². The van der Waals surface area contributed by atoms with Crippen molar-refractivity contribution in [2.24, 2.45) is 0 Å². The van der Waals surface area contributed by atoms with Crippen LogP contribution in [0.5, 0.6) is 11.5 Å². The van der Waals surface area contributed by atoms with Gasteiger partial charge in [-0.2, -0.15) is 4.31 Å². The third kappa shape index (κ3) is 4.94. The molecule has 0 saturated carbocycles. The first-order valence-corrected chi connectivity index (χ1v) is 13.9. The van der Waals surface area contributed by atoms with Gasteiger partial charge in [-0.05, 0) is 24.1 Å². The molecule has 3 heterocycles. The zero-order valence-electron chi connectivity index (χ0n) is 17.0. The van der Waals surface area contributed by atoms with Gasteiger partial charge in [-0.15, -0.1) is 0 Å². The van der Waals surface area contributed by atoms with E-state index in [0.29, 0.717) is 35.3 Å². The van der Waals surface area contributed by atoms with Gasteiger partial charge in [0.2, 0.25) is 15.9 Å². The van der Waals surface area contributed by atoms with Gasteiger partial charge in [0.05, 0.1) is 41.4 Å². The number of rotatable bonds is 4. The fourth-order valence-corrected chi connectivity index (χ4v) is 8.87. The summed E-state index contributed by atoms with van der Waals surface area (Å²) in [4.78, 5) is 14.4. The number of sulfone groups is 1. The molecular weight excluding hydrogens is 468 g/mol. The van der Waals surface area contributed by atoms with Crippen LogP contribution in [0, 0.1) is 0 Å². The zero-order valence-corrected chi connectivity index (χ0v) is 19.3. The molecule has 172 valence electrons. The summed E-state index contributed by atoms with van der Waals surface area (Å²) < 4.78 is 61.4. The molecule has 3 aliphatic heterocycles. The number of hydrogen-bond donors (Lipinski definition) is 0. The average molecular weight is 493 g/mol. The van der Waals surface area contributed by atoms with Crippen LogP contribution in [0.15, 0.2) is 12.1 Å². The van der Waals surface area contributed by atoms with Crippen molar-refractivity contribution in [1.82, 2.24) is 9.21 Å². The van der Waals surface area contributed by atoms with Gasteiger partial charge >= 0.3 is 0 Å².